The van der Waals surface area contributed by atoms with Crippen LogP contribution in [0.25, 0.3) is 0 Å². The standard InChI is InChI=1S/C14H30N2/c1-3-5-8-13(4-2)11-15-12-14-9-6-7-10-16-14/h13-16H,3-12H2,1-2H3. The van der Waals surface area contributed by atoms with Crippen LogP contribution in [-0.4, -0.2) is 25.7 Å². The smallest absolute Gasteiger partial charge is 0.0192 e. The van der Waals surface area contributed by atoms with Gasteiger partial charge in [0.2, 0.25) is 0 Å². The van der Waals surface area contributed by atoms with Gasteiger partial charge in [-0.3, -0.25) is 0 Å². The van der Waals surface area contributed by atoms with Gasteiger partial charge in [0.1, 0.15) is 0 Å². The molecule has 1 saturated heterocycles. The van der Waals surface area contributed by atoms with Crippen molar-refractivity contribution in [2.75, 3.05) is 19.6 Å². The summed E-state index contributed by atoms with van der Waals surface area (Å²) in [6.07, 6.45) is 9.58. The molecule has 0 aromatic carbocycles. The van der Waals surface area contributed by atoms with Gasteiger partial charge >= 0.3 is 0 Å². The van der Waals surface area contributed by atoms with Crippen LogP contribution in [0.1, 0.15) is 58.8 Å². The van der Waals surface area contributed by atoms with Crippen LogP contribution in [-0.2, 0) is 0 Å². The Morgan fingerprint density at radius 3 is 2.81 bits per heavy atom. The Morgan fingerprint density at radius 2 is 2.19 bits per heavy atom. The lowest BCUT2D eigenvalue weighted by Crippen LogP contribution is -2.42. The van der Waals surface area contributed by atoms with Crippen molar-refractivity contribution in [3.05, 3.63) is 0 Å². The molecule has 0 aliphatic carbocycles. The van der Waals surface area contributed by atoms with Gasteiger partial charge in [0, 0.05) is 12.6 Å². The highest BCUT2D eigenvalue weighted by Gasteiger charge is 2.12. The number of rotatable bonds is 8. The molecule has 2 N–H and O–H groups in total. The topological polar surface area (TPSA) is 24.1 Å². The fourth-order valence-corrected chi connectivity index (χ4v) is 2.50. The van der Waals surface area contributed by atoms with Crippen LogP contribution < -0.4 is 10.6 Å². The van der Waals surface area contributed by atoms with Gasteiger partial charge in [-0.1, -0.05) is 39.5 Å². The minimum atomic E-state index is 0.734. The van der Waals surface area contributed by atoms with Crippen LogP contribution in [0.3, 0.4) is 0 Å². The van der Waals surface area contributed by atoms with Gasteiger partial charge in [0.05, 0.1) is 0 Å². The third-order valence-electron chi connectivity index (χ3n) is 3.78. The Balaban J connectivity index is 2.02. The first-order valence-electron chi connectivity index (χ1n) is 7.30. The summed E-state index contributed by atoms with van der Waals surface area (Å²) in [5.41, 5.74) is 0. The summed E-state index contributed by atoms with van der Waals surface area (Å²) in [4.78, 5) is 0. The molecular weight excluding hydrogens is 196 g/mol. The molecule has 2 heteroatoms. The van der Waals surface area contributed by atoms with Gasteiger partial charge in [-0.05, 0) is 38.3 Å². The van der Waals surface area contributed by atoms with Gasteiger partial charge in [0.15, 0.2) is 0 Å². The maximum absolute atomic E-state index is 3.65. The molecule has 0 spiro atoms. The Kier molecular flexibility index (Phi) is 7.87. The first kappa shape index (κ1) is 14.0. The first-order chi connectivity index (χ1) is 7.86. The van der Waals surface area contributed by atoms with Gasteiger partial charge in [0.25, 0.3) is 0 Å². The lowest BCUT2D eigenvalue weighted by atomic mass is 9.99. The van der Waals surface area contributed by atoms with Crippen molar-refractivity contribution in [1.29, 1.82) is 0 Å². The SMILES string of the molecule is CCCCC(CC)CNCC1CCCCN1. The highest BCUT2D eigenvalue weighted by Crippen LogP contribution is 2.11. The van der Waals surface area contributed by atoms with Crippen molar-refractivity contribution in [1.82, 2.24) is 10.6 Å². The van der Waals surface area contributed by atoms with E-state index in [1.54, 1.807) is 0 Å². The van der Waals surface area contributed by atoms with E-state index < -0.39 is 0 Å². The summed E-state index contributed by atoms with van der Waals surface area (Å²) < 4.78 is 0. The zero-order valence-corrected chi connectivity index (χ0v) is 11.2. The van der Waals surface area contributed by atoms with Crippen LogP contribution in [0.15, 0.2) is 0 Å². The minimum absolute atomic E-state index is 0.734. The van der Waals surface area contributed by atoms with Gasteiger partial charge in [-0.25, -0.2) is 0 Å². The molecular formula is C14H30N2. The highest BCUT2D eigenvalue weighted by atomic mass is 15.0. The van der Waals surface area contributed by atoms with Crippen LogP contribution in [0.5, 0.6) is 0 Å². The molecule has 96 valence electrons. The summed E-state index contributed by atoms with van der Waals surface area (Å²) in [5.74, 6) is 0.892. The number of unbranched alkanes of at least 4 members (excludes halogenated alkanes) is 1. The minimum Gasteiger partial charge on any atom is -0.315 e. The molecule has 1 heterocycles. The van der Waals surface area contributed by atoms with E-state index >= 15 is 0 Å². The quantitative estimate of drug-likeness (QED) is 0.665. The predicted molar refractivity (Wildman–Crippen MR) is 71.8 cm³/mol. The van der Waals surface area contributed by atoms with Crippen LogP contribution in [0.4, 0.5) is 0 Å². The fraction of sp³-hybridized carbons (Fsp3) is 1.00. The molecule has 0 bridgehead atoms. The van der Waals surface area contributed by atoms with E-state index in [9.17, 15) is 0 Å². The maximum atomic E-state index is 3.65. The highest BCUT2D eigenvalue weighted by molar-refractivity contribution is 4.74. The monoisotopic (exact) mass is 226 g/mol. The number of hydrogen-bond acceptors (Lipinski definition) is 2. The zero-order chi connectivity index (χ0) is 11.6. The lowest BCUT2D eigenvalue weighted by molar-refractivity contribution is 0.358. The molecule has 0 radical (unpaired) electrons. The Hall–Kier alpha value is -0.0800. The molecule has 1 aliphatic heterocycles. The molecule has 2 unspecified atom stereocenters. The largest absolute Gasteiger partial charge is 0.315 e. The summed E-state index contributed by atoms with van der Waals surface area (Å²) in [6, 6.07) is 0.734. The molecule has 0 aromatic heterocycles. The van der Waals surface area contributed by atoms with E-state index in [2.05, 4.69) is 24.5 Å². The van der Waals surface area contributed by atoms with Gasteiger partial charge in [-0.15, -0.1) is 0 Å². The number of piperidine rings is 1. The zero-order valence-electron chi connectivity index (χ0n) is 11.2. The molecule has 16 heavy (non-hydrogen) atoms. The van der Waals surface area contributed by atoms with Crippen molar-refractivity contribution in [3.63, 3.8) is 0 Å². The molecule has 0 saturated carbocycles. The van der Waals surface area contributed by atoms with E-state index in [4.69, 9.17) is 0 Å². The van der Waals surface area contributed by atoms with E-state index in [1.165, 1.54) is 64.6 Å². The molecule has 2 atom stereocenters. The summed E-state index contributed by atoms with van der Waals surface area (Å²) >= 11 is 0. The van der Waals surface area contributed by atoms with Crippen LogP contribution in [0.2, 0.25) is 0 Å². The van der Waals surface area contributed by atoms with Crippen molar-refractivity contribution in [2.45, 2.75) is 64.8 Å². The van der Waals surface area contributed by atoms with E-state index in [1.807, 2.05) is 0 Å². The van der Waals surface area contributed by atoms with E-state index in [0.717, 1.165) is 12.0 Å². The van der Waals surface area contributed by atoms with E-state index in [0.29, 0.717) is 0 Å². The average molecular weight is 226 g/mol. The van der Waals surface area contributed by atoms with Crippen molar-refractivity contribution in [2.24, 2.45) is 5.92 Å². The molecule has 0 aromatic rings. The lowest BCUT2D eigenvalue weighted by Gasteiger charge is -2.25. The molecule has 2 nitrogen and oxygen atoms in total. The van der Waals surface area contributed by atoms with Crippen LogP contribution >= 0.6 is 0 Å². The normalized spacial score (nSPS) is 23.2. The Bertz CT molecular complexity index is 153. The number of hydrogen-bond donors (Lipinski definition) is 2. The van der Waals surface area contributed by atoms with Crippen molar-refractivity contribution < 1.29 is 0 Å². The van der Waals surface area contributed by atoms with E-state index in [-0.39, 0.29) is 0 Å². The van der Waals surface area contributed by atoms with Crippen molar-refractivity contribution in [3.8, 4) is 0 Å². The second-order valence-corrected chi connectivity index (χ2v) is 5.22. The van der Waals surface area contributed by atoms with Crippen molar-refractivity contribution >= 4 is 0 Å². The molecule has 1 aliphatic rings. The summed E-state index contributed by atoms with van der Waals surface area (Å²) in [5, 5.41) is 7.24. The molecule has 1 fully saturated rings. The summed E-state index contributed by atoms with van der Waals surface area (Å²) in [7, 11) is 0. The third kappa shape index (κ3) is 5.86. The average Bonchev–Trinajstić information content (AvgIpc) is 2.35. The van der Waals surface area contributed by atoms with Crippen LogP contribution in [0, 0.1) is 5.92 Å². The predicted octanol–water partition coefficient (Wildman–Crippen LogP) is 2.93. The second-order valence-electron chi connectivity index (χ2n) is 5.22. The first-order valence-corrected chi connectivity index (χ1v) is 7.30. The second kappa shape index (κ2) is 9.00. The molecule has 0 amide bonds. The maximum Gasteiger partial charge on any atom is 0.0192 e. The molecule has 1 rings (SSSR count). The fourth-order valence-electron chi connectivity index (χ4n) is 2.50. The third-order valence-corrected chi connectivity index (χ3v) is 3.78. The Labute approximate surface area is 102 Å². The Morgan fingerprint density at radius 1 is 1.31 bits per heavy atom. The summed E-state index contributed by atoms with van der Waals surface area (Å²) in [6.45, 7) is 8.21. The van der Waals surface area contributed by atoms with Gasteiger partial charge < -0.3 is 10.6 Å². The number of nitrogens with one attached hydrogen (secondary N) is 2. The van der Waals surface area contributed by atoms with Gasteiger partial charge in [-0.2, -0.15) is 0 Å².